The zero-order valence-electron chi connectivity index (χ0n) is 8.95. The predicted octanol–water partition coefficient (Wildman–Crippen LogP) is 3.10. The van der Waals surface area contributed by atoms with Gasteiger partial charge in [-0.1, -0.05) is 26.0 Å². The highest BCUT2D eigenvalue weighted by molar-refractivity contribution is 7.19. The van der Waals surface area contributed by atoms with E-state index in [0.29, 0.717) is 11.8 Å². The van der Waals surface area contributed by atoms with E-state index in [9.17, 15) is 5.11 Å². The first-order valence-corrected chi connectivity index (χ1v) is 5.92. The van der Waals surface area contributed by atoms with E-state index < -0.39 is 0 Å². The molecule has 0 spiro atoms. The number of hydrogen-bond acceptors (Lipinski definition) is 3. The minimum absolute atomic E-state index is 0.383. The van der Waals surface area contributed by atoms with Gasteiger partial charge in [-0.3, -0.25) is 0 Å². The van der Waals surface area contributed by atoms with Crippen LogP contribution in [-0.4, -0.2) is 11.1 Å². The Morgan fingerprint density at radius 2 is 2.20 bits per heavy atom. The number of rotatable bonds is 3. The third kappa shape index (κ3) is 2.30. The minimum atomic E-state index is 0.383. The molecule has 0 atom stereocenters. The third-order valence-corrected chi connectivity index (χ3v) is 3.43. The van der Waals surface area contributed by atoms with Crippen molar-refractivity contribution in [1.29, 1.82) is 0 Å². The minimum Gasteiger partial charge on any atom is -0.506 e. The molecule has 0 fully saturated rings. The molecular weight excluding hydrogens is 206 g/mol. The first-order valence-electron chi connectivity index (χ1n) is 5.10. The number of benzene rings is 1. The van der Waals surface area contributed by atoms with E-state index >= 15 is 0 Å². The highest BCUT2D eigenvalue weighted by atomic mass is 32.1. The summed E-state index contributed by atoms with van der Waals surface area (Å²) >= 11 is 1.65. The van der Waals surface area contributed by atoms with Crippen molar-refractivity contribution in [3.8, 4) is 5.75 Å². The van der Waals surface area contributed by atoms with Gasteiger partial charge in [0.1, 0.15) is 5.75 Å². The van der Waals surface area contributed by atoms with Crippen LogP contribution in [-0.2, 0) is 6.54 Å². The van der Waals surface area contributed by atoms with Crippen molar-refractivity contribution in [2.75, 3.05) is 0 Å². The number of fused-ring (bicyclic) bond motifs is 1. The van der Waals surface area contributed by atoms with Gasteiger partial charge in [-0.2, -0.15) is 0 Å². The zero-order chi connectivity index (χ0) is 10.8. The van der Waals surface area contributed by atoms with Gasteiger partial charge in [-0.15, -0.1) is 11.3 Å². The summed E-state index contributed by atoms with van der Waals surface area (Å²) in [5.41, 5.74) is 0. The molecule has 0 bridgehead atoms. The first-order chi connectivity index (χ1) is 7.16. The number of phenolic OH excluding ortho intramolecular Hbond substituents is 1. The SMILES string of the molecule is CC(C)NCc1cc2cccc(O)c2s1. The van der Waals surface area contributed by atoms with Gasteiger partial charge in [0.2, 0.25) is 0 Å². The van der Waals surface area contributed by atoms with E-state index in [-0.39, 0.29) is 0 Å². The van der Waals surface area contributed by atoms with Crippen molar-refractivity contribution in [2.24, 2.45) is 0 Å². The maximum absolute atomic E-state index is 9.65. The van der Waals surface area contributed by atoms with Crippen LogP contribution in [0, 0.1) is 0 Å². The lowest BCUT2D eigenvalue weighted by Crippen LogP contribution is -2.21. The van der Waals surface area contributed by atoms with E-state index in [0.717, 1.165) is 16.6 Å². The summed E-state index contributed by atoms with van der Waals surface area (Å²) in [7, 11) is 0. The second-order valence-corrected chi connectivity index (χ2v) is 5.08. The van der Waals surface area contributed by atoms with Crippen molar-refractivity contribution < 1.29 is 5.11 Å². The van der Waals surface area contributed by atoms with Gasteiger partial charge in [-0.05, 0) is 17.5 Å². The van der Waals surface area contributed by atoms with E-state index in [1.165, 1.54) is 4.88 Å². The zero-order valence-corrected chi connectivity index (χ0v) is 9.77. The molecule has 0 unspecified atom stereocenters. The van der Waals surface area contributed by atoms with Crippen LogP contribution in [0.3, 0.4) is 0 Å². The summed E-state index contributed by atoms with van der Waals surface area (Å²) in [6.45, 7) is 5.13. The van der Waals surface area contributed by atoms with Crippen LogP contribution in [0.1, 0.15) is 18.7 Å². The third-order valence-electron chi connectivity index (χ3n) is 2.26. The summed E-state index contributed by atoms with van der Waals surface area (Å²) in [6, 6.07) is 8.27. The molecular formula is C12H15NOS. The lowest BCUT2D eigenvalue weighted by molar-refractivity contribution is 0.482. The van der Waals surface area contributed by atoms with Crippen LogP contribution in [0.5, 0.6) is 5.75 Å². The topological polar surface area (TPSA) is 32.3 Å². The lowest BCUT2D eigenvalue weighted by Gasteiger charge is -2.04. The van der Waals surface area contributed by atoms with Gasteiger partial charge in [0.25, 0.3) is 0 Å². The summed E-state index contributed by atoms with van der Waals surface area (Å²) in [6.07, 6.45) is 0. The van der Waals surface area contributed by atoms with Crippen LogP contribution >= 0.6 is 11.3 Å². The van der Waals surface area contributed by atoms with Crippen LogP contribution in [0.15, 0.2) is 24.3 Å². The second-order valence-electron chi connectivity index (χ2n) is 3.94. The molecule has 80 valence electrons. The van der Waals surface area contributed by atoms with Crippen LogP contribution < -0.4 is 5.32 Å². The molecule has 0 saturated carbocycles. The average Bonchev–Trinajstić information content (AvgIpc) is 2.59. The molecule has 15 heavy (non-hydrogen) atoms. The van der Waals surface area contributed by atoms with E-state index in [2.05, 4.69) is 25.2 Å². The van der Waals surface area contributed by atoms with Gasteiger partial charge in [0.05, 0.1) is 4.70 Å². The second kappa shape index (κ2) is 4.21. The molecule has 2 aromatic rings. The standard InChI is InChI=1S/C12H15NOS/c1-8(2)13-7-10-6-9-4-3-5-11(14)12(9)15-10/h3-6,8,13-14H,7H2,1-2H3. The summed E-state index contributed by atoms with van der Waals surface area (Å²) < 4.78 is 0.984. The molecule has 2 N–H and O–H groups in total. The van der Waals surface area contributed by atoms with Gasteiger partial charge >= 0.3 is 0 Å². The molecule has 2 nitrogen and oxygen atoms in total. The normalized spacial score (nSPS) is 11.4. The number of phenols is 1. The van der Waals surface area contributed by atoms with Crippen molar-refractivity contribution in [2.45, 2.75) is 26.4 Å². The van der Waals surface area contributed by atoms with Crippen LogP contribution in [0.4, 0.5) is 0 Å². The molecule has 0 saturated heterocycles. The van der Waals surface area contributed by atoms with Gasteiger partial charge in [0, 0.05) is 17.5 Å². The fraction of sp³-hybridized carbons (Fsp3) is 0.333. The summed E-state index contributed by atoms with van der Waals surface area (Å²) in [4.78, 5) is 1.26. The number of nitrogens with one attached hydrogen (secondary N) is 1. The van der Waals surface area contributed by atoms with E-state index in [4.69, 9.17) is 0 Å². The monoisotopic (exact) mass is 221 g/mol. The molecule has 0 aliphatic carbocycles. The molecule has 1 heterocycles. The Morgan fingerprint density at radius 3 is 2.87 bits per heavy atom. The maximum atomic E-state index is 9.65. The largest absolute Gasteiger partial charge is 0.506 e. The predicted molar refractivity (Wildman–Crippen MR) is 65.5 cm³/mol. The molecule has 3 heteroatoms. The molecule has 2 rings (SSSR count). The summed E-state index contributed by atoms with van der Waals surface area (Å²) in [5, 5.41) is 14.1. The molecule has 1 aromatic heterocycles. The highest BCUT2D eigenvalue weighted by Crippen LogP contribution is 2.32. The maximum Gasteiger partial charge on any atom is 0.133 e. The molecule has 0 radical (unpaired) electrons. The highest BCUT2D eigenvalue weighted by Gasteiger charge is 2.05. The quantitative estimate of drug-likeness (QED) is 0.834. The molecule has 0 amide bonds. The van der Waals surface area contributed by atoms with Crippen molar-refractivity contribution >= 4 is 21.4 Å². The van der Waals surface area contributed by atoms with Crippen molar-refractivity contribution in [1.82, 2.24) is 5.32 Å². The van der Waals surface area contributed by atoms with Crippen LogP contribution in [0.2, 0.25) is 0 Å². The van der Waals surface area contributed by atoms with Gasteiger partial charge in [-0.25, -0.2) is 0 Å². The molecule has 1 aromatic carbocycles. The Kier molecular flexibility index (Phi) is 2.93. The Hall–Kier alpha value is -1.06. The summed E-state index contributed by atoms with van der Waals surface area (Å²) in [5.74, 6) is 0.383. The van der Waals surface area contributed by atoms with Gasteiger partial charge < -0.3 is 10.4 Å². The van der Waals surface area contributed by atoms with Crippen molar-refractivity contribution in [3.63, 3.8) is 0 Å². The molecule has 0 aliphatic heterocycles. The Balaban J connectivity index is 2.27. The van der Waals surface area contributed by atoms with E-state index in [1.54, 1.807) is 17.4 Å². The fourth-order valence-corrected chi connectivity index (χ4v) is 2.51. The van der Waals surface area contributed by atoms with Crippen molar-refractivity contribution in [3.05, 3.63) is 29.1 Å². The van der Waals surface area contributed by atoms with Gasteiger partial charge in [0.15, 0.2) is 0 Å². The lowest BCUT2D eigenvalue weighted by atomic mass is 10.2. The van der Waals surface area contributed by atoms with E-state index in [1.807, 2.05) is 12.1 Å². The van der Waals surface area contributed by atoms with Crippen LogP contribution in [0.25, 0.3) is 10.1 Å². The number of aromatic hydroxyl groups is 1. The first kappa shape index (κ1) is 10.5. The Bertz CT molecular complexity index is 462. The molecule has 0 aliphatic rings. The average molecular weight is 221 g/mol. The number of hydrogen-bond donors (Lipinski definition) is 2. The smallest absolute Gasteiger partial charge is 0.133 e. The Morgan fingerprint density at radius 1 is 1.40 bits per heavy atom. The Labute approximate surface area is 93.6 Å². The number of thiophene rings is 1. The fourth-order valence-electron chi connectivity index (χ4n) is 1.49.